The minimum atomic E-state index is 0.231. The van der Waals surface area contributed by atoms with Crippen LogP contribution in [0.15, 0.2) is 261 Å². The van der Waals surface area contributed by atoms with Gasteiger partial charge in [0.05, 0.1) is 6.04 Å². The maximum absolute atomic E-state index is 2.47. The van der Waals surface area contributed by atoms with E-state index in [4.69, 9.17) is 0 Å². The molecule has 0 radical (unpaired) electrons. The predicted molar refractivity (Wildman–Crippen MR) is 273 cm³/mol. The minimum Gasteiger partial charge on any atom is -0.334 e. The Bertz CT molecular complexity index is 3210. The molecule has 2 heteroatoms. The molecule has 0 saturated carbocycles. The van der Waals surface area contributed by atoms with E-state index in [2.05, 4.69) is 265 Å². The van der Waals surface area contributed by atoms with Gasteiger partial charge in [0.2, 0.25) is 0 Å². The highest BCUT2D eigenvalue weighted by molar-refractivity contribution is 5.89. The molecule has 11 rings (SSSR count). The van der Waals surface area contributed by atoms with Crippen LogP contribution in [0.5, 0.6) is 0 Å². The van der Waals surface area contributed by atoms with E-state index in [1.165, 1.54) is 77.6 Å². The first-order chi connectivity index (χ1) is 31.7. The molecule has 0 aliphatic heterocycles. The average Bonchev–Trinajstić information content (AvgIpc) is 3.38. The number of rotatable bonds is 10. The van der Waals surface area contributed by atoms with Gasteiger partial charge in [-0.3, -0.25) is 0 Å². The van der Waals surface area contributed by atoms with Gasteiger partial charge in [0, 0.05) is 34.4 Å². The Hall–Kier alpha value is -7.94. The van der Waals surface area contributed by atoms with Crippen LogP contribution >= 0.6 is 0 Å². The van der Waals surface area contributed by atoms with Crippen LogP contribution in [0.2, 0.25) is 0 Å². The highest BCUT2D eigenvalue weighted by Gasteiger charge is 2.21. The standard InChI is InChI=1S/C62H48N2/c1-3-18-57(19-4-1)63(61-38-30-49(31-39-61)55-24-22-45-12-7-9-14-51(45)43-55)59-34-26-47(27-35-59)53-16-11-17-54(42-53)48-28-36-60(37-29-48)64(58-20-5-2-6-21-58)62-40-32-50(33-41-62)56-25-23-46-13-8-10-15-52(46)44-56/h1-20,22-26,28-44,47,58H,21,27H2. The van der Waals surface area contributed by atoms with Gasteiger partial charge in [-0.05, 0) is 140 Å². The van der Waals surface area contributed by atoms with Gasteiger partial charge in [-0.15, -0.1) is 0 Å². The number of allylic oxidation sites excluding steroid dienone is 5. The second kappa shape index (κ2) is 17.4. The molecule has 0 fully saturated rings. The van der Waals surface area contributed by atoms with Crippen molar-refractivity contribution in [3.05, 3.63) is 266 Å². The van der Waals surface area contributed by atoms with E-state index in [1.807, 2.05) is 0 Å². The summed E-state index contributed by atoms with van der Waals surface area (Å²) in [6.07, 6.45) is 17.9. The zero-order valence-electron chi connectivity index (χ0n) is 35.7. The Balaban J connectivity index is 0.820. The monoisotopic (exact) mass is 820 g/mol. The fourth-order valence-electron chi connectivity index (χ4n) is 9.46. The maximum Gasteiger partial charge on any atom is 0.0559 e. The third-order valence-corrected chi connectivity index (χ3v) is 12.9. The van der Waals surface area contributed by atoms with Crippen molar-refractivity contribution in [2.75, 3.05) is 9.80 Å². The molecular formula is C62H48N2. The van der Waals surface area contributed by atoms with Crippen molar-refractivity contribution < 1.29 is 0 Å². The van der Waals surface area contributed by atoms with Crippen LogP contribution in [0.3, 0.4) is 0 Å². The Kier molecular flexibility index (Phi) is 10.6. The van der Waals surface area contributed by atoms with Crippen LogP contribution in [0.4, 0.5) is 22.7 Å². The molecule has 64 heavy (non-hydrogen) atoms. The molecule has 0 saturated heterocycles. The largest absolute Gasteiger partial charge is 0.334 e. The summed E-state index contributed by atoms with van der Waals surface area (Å²) in [5.41, 5.74) is 14.5. The lowest BCUT2D eigenvalue weighted by atomic mass is 9.89. The molecule has 0 spiro atoms. The Morgan fingerprint density at radius 1 is 0.359 bits per heavy atom. The second-order valence-electron chi connectivity index (χ2n) is 16.9. The minimum absolute atomic E-state index is 0.231. The summed E-state index contributed by atoms with van der Waals surface area (Å²) in [4.78, 5) is 4.84. The van der Waals surface area contributed by atoms with Gasteiger partial charge in [-0.1, -0.05) is 188 Å². The van der Waals surface area contributed by atoms with Crippen molar-refractivity contribution in [3.63, 3.8) is 0 Å². The Morgan fingerprint density at radius 3 is 1.42 bits per heavy atom. The second-order valence-corrected chi connectivity index (χ2v) is 16.9. The Labute approximate surface area is 376 Å². The summed E-state index contributed by atoms with van der Waals surface area (Å²) in [5.74, 6) is 0.287. The average molecular weight is 821 g/mol. The molecule has 9 aromatic carbocycles. The van der Waals surface area contributed by atoms with E-state index in [0.717, 1.165) is 24.2 Å². The summed E-state index contributed by atoms with van der Waals surface area (Å²) in [6, 6.07) is 77.8. The molecule has 2 unspecified atom stereocenters. The van der Waals surface area contributed by atoms with Gasteiger partial charge < -0.3 is 9.80 Å². The fourth-order valence-corrected chi connectivity index (χ4v) is 9.46. The first-order valence-corrected chi connectivity index (χ1v) is 22.5. The summed E-state index contributed by atoms with van der Waals surface area (Å²) < 4.78 is 0. The van der Waals surface area contributed by atoms with Crippen LogP contribution < -0.4 is 9.80 Å². The highest BCUT2D eigenvalue weighted by atomic mass is 15.2. The molecule has 0 bridgehead atoms. The number of benzene rings is 9. The van der Waals surface area contributed by atoms with Gasteiger partial charge >= 0.3 is 0 Å². The molecule has 2 aliphatic rings. The lowest BCUT2D eigenvalue weighted by molar-refractivity contribution is 0.785. The summed E-state index contributed by atoms with van der Waals surface area (Å²) in [5, 5.41) is 5.05. The normalized spacial score (nSPS) is 15.6. The zero-order valence-corrected chi connectivity index (χ0v) is 35.7. The van der Waals surface area contributed by atoms with Crippen LogP contribution in [0, 0.1) is 0 Å². The van der Waals surface area contributed by atoms with Crippen molar-refractivity contribution in [2.24, 2.45) is 0 Å². The van der Waals surface area contributed by atoms with Gasteiger partial charge in [0.15, 0.2) is 0 Å². The highest BCUT2D eigenvalue weighted by Crippen LogP contribution is 2.39. The number of fused-ring (bicyclic) bond motifs is 2. The van der Waals surface area contributed by atoms with Gasteiger partial charge in [-0.25, -0.2) is 0 Å². The first-order valence-electron chi connectivity index (χ1n) is 22.5. The van der Waals surface area contributed by atoms with E-state index < -0.39 is 0 Å². The van der Waals surface area contributed by atoms with E-state index in [-0.39, 0.29) is 12.0 Å². The van der Waals surface area contributed by atoms with Crippen LogP contribution in [-0.4, -0.2) is 6.04 Å². The van der Waals surface area contributed by atoms with E-state index >= 15 is 0 Å². The molecule has 2 aliphatic carbocycles. The number of hydrogen-bond acceptors (Lipinski definition) is 2. The SMILES string of the molecule is C1=CCC(N(c2ccc(-c3cccc(C4C=CC(N(c5ccccc5)c5ccc(-c6ccc7ccccc7c6)cc5)=CC4)c3)cc2)c2ccc(-c3ccc4ccccc4c3)cc2)C=C1. The molecule has 0 aromatic heterocycles. The molecule has 0 N–H and O–H groups in total. The molecule has 306 valence electrons. The van der Waals surface area contributed by atoms with Crippen molar-refractivity contribution in [1.82, 2.24) is 0 Å². The number of para-hydroxylation sites is 1. The first kappa shape index (κ1) is 38.9. The van der Waals surface area contributed by atoms with Crippen molar-refractivity contribution in [1.29, 1.82) is 0 Å². The fraction of sp³-hybridized carbons (Fsp3) is 0.0645. The van der Waals surface area contributed by atoms with Crippen molar-refractivity contribution in [3.8, 4) is 33.4 Å². The van der Waals surface area contributed by atoms with Crippen LogP contribution in [0.1, 0.15) is 24.3 Å². The third-order valence-electron chi connectivity index (χ3n) is 12.9. The van der Waals surface area contributed by atoms with Gasteiger partial charge in [0.1, 0.15) is 0 Å². The van der Waals surface area contributed by atoms with E-state index in [9.17, 15) is 0 Å². The number of anilines is 4. The molecule has 2 nitrogen and oxygen atoms in total. The third kappa shape index (κ3) is 7.98. The molecular weight excluding hydrogens is 773 g/mol. The van der Waals surface area contributed by atoms with E-state index in [0.29, 0.717) is 0 Å². The molecule has 0 amide bonds. The van der Waals surface area contributed by atoms with Gasteiger partial charge in [0.25, 0.3) is 0 Å². The zero-order chi connectivity index (χ0) is 42.7. The smallest absolute Gasteiger partial charge is 0.0559 e. The number of nitrogens with zero attached hydrogens (tertiary/aromatic N) is 2. The van der Waals surface area contributed by atoms with Crippen molar-refractivity contribution >= 4 is 44.3 Å². The topological polar surface area (TPSA) is 6.48 Å². The van der Waals surface area contributed by atoms with Crippen molar-refractivity contribution in [2.45, 2.75) is 24.8 Å². The Morgan fingerprint density at radius 2 is 0.875 bits per heavy atom. The lowest BCUT2D eigenvalue weighted by Crippen LogP contribution is -2.29. The maximum atomic E-state index is 2.47. The molecule has 9 aromatic rings. The number of hydrogen-bond donors (Lipinski definition) is 0. The quantitative estimate of drug-likeness (QED) is 0.136. The lowest BCUT2D eigenvalue weighted by Gasteiger charge is -2.33. The summed E-state index contributed by atoms with van der Waals surface area (Å²) >= 11 is 0. The molecule has 0 heterocycles. The van der Waals surface area contributed by atoms with Gasteiger partial charge in [-0.2, -0.15) is 0 Å². The van der Waals surface area contributed by atoms with Crippen LogP contribution in [-0.2, 0) is 0 Å². The molecule has 2 atom stereocenters. The van der Waals surface area contributed by atoms with Crippen LogP contribution in [0.25, 0.3) is 54.9 Å². The van der Waals surface area contributed by atoms with E-state index in [1.54, 1.807) is 0 Å². The summed E-state index contributed by atoms with van der Waals surface area (Å²) in [6.45, 7) is 0. The predicted octanol–water partition coefficient (Wildman–Crippen LogP) is 16.8. The summed E-state index contributed by atoms with van der Waals surface area (Å²) in [7, 11) is 0.